The number of hydrazine groups is 1. The Labute approximate surface area is 143 Å². The number of hydrogen-bond donors (Lipinski definition) is 3. The van der Waals surface area contributed by atoms with Gasteiger partial charge in [0.2, 0.25) is 0 Å². The van der Waals surface area contributed by atoms with Gasteiger partial charge in [-0.2, -0.15) is 5.10 Å². The van der Waals surface area contributed by atoms with Gasteiger partial charge in [0.15, 0.2) is 4.77 Å². The van der Waals surface area contributed by atoms with Crippen LogP contribution in [0.3, 0.4) is 0 Å². The summed E-state index contributed by atoms with van der Waals surface area (Å²) in [6.07, 6.45) is 1.59. The lowest BCUT2D eigenvalue weighted by Crippen LogP contribution is -2.43. The molecule has 0 atom stereocenters. The van der Waals surface area contributed by atoms with Gasteiger partial charge in [0.25, 0.3) is 11.8 Å². The molecule has 0 aliphatic rings. The molecule has 2 aromatic rings. The van der Waals surface area contributed by atoms with Crippen LogP contribution in [0.1, 0.15) is 29.5 Å². The molecule has 0 aliphatic heterocycles. The summed E-state index contributed by atoms with van der Waals surface area (Å²) in [5.74, 6) is -0.126. The average molecular weight is 354 g/mol. The summed E-state index contributed by atoms with van der Waals surface area (Å²) in [5, 5.41) is 7.27. The van der Waals surface area contributed by atoms with E-state index in [0.29, 0.717) is 27.6 Å². The van der Waals surface area contributed by atoms with Gasteiger partial charge in [0.1, 0.15) is 12.4 Å². The Morgan fingerprint density at radius 3 is 2.65 bits per heavy atom. The predicted octanol–water partition coefficient (Wildman–Crippen LogP) is 2.01. The average Bonchev–Trinajstić information content (AvgIpc) is 2.87. The monoisotopic (exact) mass is 353 g/mol. The Hall–Kier alpha value is -2.19. The zero-order valence-electron chi connectivity index (χ0n) is 12.4. The number of nitrogens with zero attached hydrogens (tertiary/aromatic N) is 2. The maximum atomic E-state index is 12.0. The smallest absolute Gasteiger partial charge is 0.269 e. The van der Waals surface area contributed by atoms with Crippen LogP contribution in [0, 0.1) is 4.77 Å². The fraction of sp³-hybridized carbons (Fsp3) is 0.286. The van der Waals surface area contributed by atoms with Crippen LogP contribution in [0.5, 0.6) is 0 Å². The van der Waals surface area contributed by atoms with E-state index in [2.05, 4.69) is 21.0 Å². The van der Waals surface area contributed by atoms with E-state index in [9.17, 15) is 9.59 Å². The number of hydrogen-bond acceptors (Lipinski definition) is 4. The van der Waals surface area contributed by atoms with Crippen molar-refractivity contribution in [2.75, 3.05) is 0 Å². The summed E-state index contributed by atoms with van der Waals surface area (Å²) in [7, 11) is 0. The molecule has 0 spiro atoms. The molecule has 2 amide bonds. The van der Waals surface area contributed by atoms with Gasteiger partial charge in [-0.1, -0.05) is 18.5 Å². The number of amides is 2. The summed E-state index contributed by atoms with van der Waals surface area (Å²) in [4.78, 5) is 23.8. The molecule has 2 rings (SSSR count). The van der Waals surface area contributed by atoms with Crippen molar-refractivity contribution in [2.24, 2.45) is 0 Å². The Kier molecular flexibility index (Phi) is 5.89. The van der Waals surface area contributed by atoms with Crippen LogP contribution in [-0.2, 0) is 17.8 Å². The molecular formula is C14H16ClN5O2S. The third kappa shape index (κ3) is 4.64. The van der Waals surface area contributed by atoms with Crippen LogP contribution in [0.25, 0.3) is 0 Å². The van der Waals surface area contributed by atoms with E-state index >= 15 is 0 Å². The van der Waals surface area contributed by atoms with E-state index < -0.39 is 11.8 Å². The summed E-state index contributed by atoms with van der Waals surface area (Å²) in [5.41, 5.74) is 5.08. The molecule has 0 fully saturated rings. The molecule has 3 N–H and O–H groups in total. The maximum absolute atomic E-state index is 12.0. The lowest BCUT2D eigenvalue weighted by molar-refractivity contribution is -0.122. The number of carbonyl (C=O) groups excluding carboxylic acids is 2. The Bertz CT molecular complexity index is 753. The molecule has 1 heterocycles. The highest BCUT2D eigenvalue weighted by molar-refractivity contribution is 7.71. The fourth-order valence-corrected chi connectivity index (χ4v) is 2.25. The van der Waals surface area contributed by atoms with Gasteiger partial charge in [-0.05, 0) is 42.9 Å². The van der Waals surface area contributed by atoms with E-state index in [-0.39, 0.29) is 6.54 Å². The maximum Gasteiger partial charge on any atom is 0.269 e. The van der Waals surface area contributed by atoms with Crippen LogP contribution in [-0.4, -0.2) is 26.6 Å². The lowest BCUT2D eigenvalue weighted by atomic mass is 10.2. The van der Waals surface area contributed by atoms with Crippen molar-refractivity contribution in [3.05, 3.63) is 45.4 Å². The molecule has 9 heteroatoms. The minimum Gasteiger partial charge on any atom is -0.295 e. The second-order valence-corrected chi connectivity index (χ2v) is 5.61. The van der Waals surface area contributed by atoms with Gasteiger partial charge in [-0.3, -0.25) is 30.1 Å². The van der Waals surface area contributed by atoms with Crippen LogP contribution in [0.2, 0.25) is 5.02 Å². The van der Waals surface area contributed by atoms with Crippen molar-refractivity contribution in [3.8, 4) is 0 Å². The van der Waals surface area contributed by atoms with Gasteiger partial charge < -0.3 is 0 Å². The van der Waals surface area contributed by atoms with Crippen LogP contribution < -0.4 is 10.9 Å². The van der Waals surface area contributed by atoms with Crippen molar-refractivity contribution in [3.63, 3.8) is 0 Å². The van der Waals surface area contributed by atoms with Gasteiger partial charge >= 0.3 is 0 Å². The number of carbonyl (C=O) groups is 2. The fourth-order valence-electron chi connectivity index (χ4n) is 1.91. The van der Waals surface area contributed by atoms with Gasteiger partial charge in [0.05, 0.1) is 0 Å². The first-order chi connectivity index (χ1) is 11.0. The molecule has 1 aromatic heterocycles. The van der Waals surface area contributed by atoms with E-state index in [1.165, 1.54) is 0 Å². The highest BCUT2D eigenvalue weighted by atomic mass is 35.5. The first-order valence-electron chi connectivity index (χ1n) is 7.00. The molecule has 1 aromatic carbocycles. The standard InChI is InChI=1S/C14H16ClN5O2S/c1-2-3-11-16-19-14(23)20(11)8-12(21)17-18-13(22)9-4-6-10(15)7-5-9/h4-7H,2-3,8H2,1H3,(H,17,21)(H,18,22)(H,19,23). The quantitative estimate of drug-likeness (QED) is 0.566. The molecule has 122 valence electrons. The predicted molar refractivity (Wildman–Crippen MR) is 88.5 cm³/mol. The van der Waals surface area contributed by atoms with E-state index in [0.717, 1.165) is 6.42 Å². The van der Waals surface area contributed by atoms with Crippen molar-refractivity contribution in [2.45, 2.75) is 26.3 Å². The molecule has 0 saturated heterocycles. The van der Waals surface area contributed by atoms with Crippen LogP contribution in [0.4, 0.5) is 0 Å². The minimum atomic E-state index is -0.431. The van der Waals surface area contributed by atoms with E-state index in [4.69, 9.17) is 23.8 Å². The number of rotatable bonds is 5. The van der Waals surface area contributed by atoms with Gasteiger partial charge in [-0.15, -0.1) is 0 Å². The number of nitrogens with one attached hydrogen (secondary N) is 3. The first kappa shape index (κ1) is 17.2. The first-order valence-corrected chi connectivity index (χ1v) is 7.78. The zero-order valence-corrected chi connectivity index (χ0v) is 14.0. The summed E-state index contributed by atoms with van der Waals surface area (Å²) < 4.78 is 1.97. The molecule has 0 saturated carbocycles. The number of benzene rings is 1. The SMILES string of the molecule is CCCc1n[nH]c(=S)n1CC(=O)NNC(=O)c1ccc(Cl)cc1. The molecule has 23 heavy (non-hydrogen) atoms. The highest BCUT2D eigenvalue weighted by Gasteiger charge is 2.11. The third-order valence-corrected chi connectivity index (χ3v) is 3.60. The highest BCUT2D eigenvalue weighted by Crippen LogP contribution is 2.09. The molecule has 7 nitrogen and oxygen atoms in total. The van der Waals surface area contributed by atoms with Crippen LogP contribution in [0.15, 0.2) is 24.3 Å². The normalized spacial score (nSPS) is 10.3. The largest absolute Gasteiger partial charge is 0.295 e. The Morgan fingerprint density at radius 1 is 1.30 bits per heavy atom. The number of halogens is 1. The lowest BCUT2D eigenvalue weighted by Gasteiger charge is -2.09. The topological polar surface area (TPSA) is 91.8 Å². The van der Waals surface area contributed by atoms with Crippen LogP contribution >= 0.6 is 23.8 Å². The van der Waals surface area contributed by atoms with Crippen molar-refractivity contribution in [1.29, 1.82) is 0 Å². The summed E-state index contributed by atoms with van der Waals surface area (Å²) in [6, 6.07) is 6.32. The summed E-state index contributed by atoms with van der Waals surface area (Å²) in [6.45, 7) is 1.99. The Balaban J connectivity index is 1.93. The van der Waals surface area contributed by atoms with E-state index in [1.807, 2.05) is 6.92 Å². The van der Waals surface area contributed by atoms with Gasteiger partial charge in [0, 0.05) is 17.0 Å². The van der Waals surface area contributed by atoms with Crippen molar-refractivity contribution < 1.29 is 9.59 Å². The number of aromatic amines is 1. The second kappa shape index (κ2) is 7.89. The second-order valence-electron chi connectivity index (χ2n) is 4.79. The molecule has 0 unspecified atom stereocenters. The Morgan fingerprint density at radius 2 is 2.00 bits per heavy atom. The van der Waals surface area contributed by atoms with Crippen molar-refractivity contribution in [1.82, 2.24) is 25.6 Å². The minimum absolute atomic E-state index is 0.0223. The third-order valence-electron chi connectivity index (χ3n) is 3.03. The molecular weight excluding hydrogens is 338 g/mol. The number of aromatic nitrogens is 3. The van der Waals surface area contributed by atoms with E-state index in [1.54, 1.807) is 28.8 Å². The summed E-state index contributed by atoms with van der Waals surface area (Å²) >= 11 is 10.9. The zero-order chi connectivity index (χ0) is 16.8. The van der Waals surface area contributed by atoms with Gasteiger partial charge in [-0.25, -0.2) is 0 Å². The molecule has 0 radical (unpaired) electrons. The van der Waals surface area contributed by atoms with Crippen molar-refractivity contribution >= 4 is 35.6 Å². The molecule has 0 aliphatic carbocycles. The molecule has 0 bridgehead atoms. The number of aryl methyl sites for hydroxylation is 1. The number of H-pyrrole nitrogens is 1.